The number of amides is 1. The predicted octanol–water partition coefficient (Wildman–Crippen LogP) is 2.73. The van der Waals surface area contributed by atoms with E-state index in [0.29, 0.717) is 10.7 Å². The van der Waals surface area contributed by atoms with Gasteiger partial charge < -0.3 is 10.6 Å². The first-order chi connectivity index (χ1) is 8.01. The molecule has 1 aliphatic heterocycles. The molecular weight excluding hydrogens is 236 g/mol. The maximum Gasteiger partial charge on any atom is 0.244 e. The molecule has 3 nitrogen and oxygen atoms in total. The SMILES string of the molecule is Cc1ccc(Cl)c(NC(=O)C2(C)CCCN2)c1. The van der Waals surface area contributed by atoms with Crippen LogP contribution in [0.5, 0.6) is 0 Å². The van der Waals surface area contributed by atoms with Crippen molar-refractivity contribution in [1.29, 1.82) is 0 Å². The van der Waals surface area contributed by atoms with Crippen LogP contribution >= 0.6 is 11.6 Å². The molecule has 1 saturated heterocycles. The van der Waals surface area contributed by atoms with E-state index in [2.05, 4.69) is 10.6 Å². The second-order valence-corrected chi connectivity index (χ2v) is 5.21. The van der Waals surface area contributed by atoms with Crippen LogP contribution in [-0.4, -0.2) is 18.0 Å². The maximum atomic E-state index is 12.2. The lowest BCUT2D eigenvalue weighted by Crippen LogP contribution is -2.48. The standard InChI is InChI=1S/C13H17ClN2O/c1-9-4-5-10(14)11(8-9)16-12(17)13(2)6-3-7-15-13/h4-5,8,15H,3,6-7H2,1-2H3,(H,16,17). The van der Waals surface area contributed by atoms with Crippen molar-refractivity contribution in [2.45, 2.75) is 32.2 Å². The van der Waals surface area contributed by atoms with Gasteiger partial charge in [0, 0.05) is 0 Å². The smallest absolute Gasteiger partial charge is 0.244 e. The molecule has 0 aliphatic carbocycles. The van der Waals surface area contributed by atoms with Crippen molar-refractivity contribution in [3.05, 3.63) is 28.8 Å². The van der Waals surface area contributed by atoms with E-state index in [1.54, 1.807) is 6.07 Å². The van der Waals surface area contributed by atoms with Crippen molar-refractivity contribution in [2.75, 3.05) is 11.9 Å². The molecule has 0 radical (unpaired) electrons. The van der Waals surface area contributed by atoms with Crippen LogP contribution in [0.2, 0.25) is 5.02 Å². The second kappa shape index (κ2) is 4.67. The van der Waals surface area contributed by atoms with Gasteiger partial charge in [-0.25, -0.2) is 0 Å². The third kappa shape index (κ3) is 2.61. The Morgan fingerprint density at radius 3 is 2.94 bits per heavy atom. The summed E-state index contributed by atoms with van der Waals surface area (Å²) >= 11 is 6.06. The van der Waals surface area contributed by atoms with Gasteiger partial charge in [0.05, 0.1) is 16.2 Å². The number of hydrogen-bond acceptors (Lipinski definition) is 2. The number of halogens is 1. The van der Waals surface area contributed by atoms with E-state index in [-0.39, 0.29) is 5.91 Å². The minimum absolute atomic E-state index is 0.0116. The summed E-state index contributed by atoms with van der Waals surface area (Å²) in [5.41, 5.74) is 1.30. The topological polar surface area (TPSA) is 41.1 Å². The Kier molecular flexibility index (Phi) is 3.40. The molecule has 0 bridgehead atoms. The third-order valence-electron chi connectivity index (χ3n) is 3.24. The Bertz CT molecular complexity index is 439. The number of benzene rings is 1. The van der Waals surface area contributed by atoms with Crippen LogP contribution in [0.25, 0.3) is 0 Å². The van der Waals surface area contributed by atoms with E-state index in [1.807, 2.05) is 26.0 Å². The fourth-order valence-electron chi connectivity index (χ4n) is 2.08. The highest BCUT2D eigenvalue weighted by Crippen LogP contribution is 2.26. The fraction of sp³-hybridized carbons (Fsp3) is 0.462. The molecule has 4 heteroatoms. The highest BCUT2D eigenvalue weighted by molar-refractivity contribution is 6.33. The second-order valence-electron chi connectivity index (χ2n) is 4.80. The van der Waals surface area contributed by atoms with Gasteiger partial charge in [-0.3, -0.25) is 4.79 Å². The van der Waals surface area contributed by atoms with E-state index in [9.17, 15) is 4.79 Å². The van der Waals surface area contributed by atoms with Gasteiger partial charge >= 0.3 is 0 Å². The average molecular weight is 253 g/mol. The van der Waals surface area contributed by atoms with Gasteiger partial charge in [0.2, 0.25) is 5.91 Å². The van der Waals surface area contributed by atoms with E-state index in [1.165, 1.54) is 0 Å². The minimum atomic E-state index is -0.465. The first-order valence-corrected chi connectivity index (χ1v) is 6.22. The average Bonchev–Trinajstić information content (AvgIpc) is 2.72. The zero-order chi connectivity index (χ0) is 12.5. The number of nitrogens with one attached hydrogen (secondary N) is 2. The van der Waals surface area contributed by atoms with Crippen molar-refractivity contribution in [2.24, 2.45) is 0 Å². The lowest BCUT2D eigenvalue weighted by Gasteiger charge is -2.23. The number of hydrogen-bond donors (Lipinski definition) is 2. The summed E-state index contributed by atoms with van der Waals surface area (Å²) in [6.07, 6.45) is 1.90. The Labute approximate surface area is 107 Å². The molecule has 1 aromatic carbocycles. The van der Waals surface area contributed by atoms with Crippen molar-refractivity contribution in [1.82, 2.24) is 5.32 Å². The molecule has 92 valence electrons. The minimum Gasteiger partial charge on any atom is -0.323 e. The highest BCUT2D eigenvalue weighted by atomic mass is 35.5. The van der Waals surface area contributed by atoms with Gasteiger partial charge in [0.15, 0.2) is 0 Å². The third-order valence-corrected chi connectivity index (χ3v) is 3.57. The molecule has 0 saturated carbocycles. The van der Waals surface area contributed by atoms with Crippen molar-refractivity contribution in [3.8, 4) is 0 Å². The molecule has 1 fully saturated rings. The number of carbonyl (C=O) groups excluding carboxylic acids is 1. The molecule has 17 heavy (non-hydrogen) atoms. The molecule has 2 rings (SSSR count). The van der Waals surface area contributed by atoms with Crippen molar-refractivity contribution >= 4 is 23.2 Å². The molecule has 1 aromatic rings. The molecular formula is C13H17ClN2O. The summed E-state index contributed by atoms with van der Waals surface area (Å²) < 4.78 is 0. The Morgan fingerprint density at radius 2 is 2.29 bits per heavy atom. The summed E-state index contributed by atoms with van der Waals surface area (Å²) in [6, 6.07) is 5.61. The zero-order valence-corrected chi connectivity index (χ0v) is 10.9. The van der Waals surface area contributed by atoms with Crippen LogP contribution in [0, 0.1) is 6.92 Å². The van der Waals surface area contributed by atoms with Gasteiger partial charge in [0.1, 0.15) is 0 Å². The summed E-state index contributed by atoms with van der Waals surface area (Å²) in [6.45, 7) is 4.80. The van der Waals surface area contributed by atoms with Crippen molar-refractivity contribution < 1.29 is 4.79 Å². The van der Waals surface area contributed by atoms with Crippen LogP contribution in [0.15, 0.2) is 18.2 Å². The number of aryl methyl sites for hydroxylation is 1. The fourth-order valence-corrected chi connectivity index (χ4v) is 2.25. The molecule has 1 heterocycles. The highest BCUT2D eigenvalue weighted by Gasteiger charge is 2.35. The summed E-state index contributed by atoms with van der Waals surface area (Å²) in [7, 11) is 0. The van der Waals surface area contributed by atoms with Crippen LogP contribution in [0.3, 0.4) is 0 Å². The van der Waals surface area contributed by atoms with Gasteiger partial charge in [-0.05, 0) is 50.9 Å². The first kappa shape index (κ1) is 12.4. The van der Waals surface area contributed by atoms with Gasteiger partial charge in [-0.1, -0.05) is 17.7 Å². The number of rotatable bonds is 2. The van der Waals surface area contributed by atoms with Crippen LogP contribution in [0.4, 0.5) is 5.69 Å². The van der Waals surface area contributed by atoms with E-state index < -0.39 is 5.54 Å². The van der Waals surface area contributed by atoms with Gasteiger partial charge in [-0.2, -0.15) is 0 Å². The number of anilines is 1. The summed E-state index contributed by atoms with van der Waals surface area (Å²) in [4.78, 5) is 12.2. The van der Waals surface area contributed by atoms with E-state index in [4.69, 9.17) is 11.6 Å². The zero-order valence-electron chi connectivity index (χ0n) is 10.1. The van der Waals surface area contributed by atoms with Gasteiger partial charge in [-0.15, -0.1) is 0 Å². The predicted molar refractivity (Wildman–Crippen MR) is 70.5 cm³/mol. The Balaban J connectivity index is 2.15. The monoisotopic (exact) mass is 252 g/mol. The van der Waals surface area contributed by atoms with Crippen molar-refractivity contribution in [3.63, 3.8) is 0 Å². The first-order valence-electron chi connectivity index (χ1n) is 5.84. The quantitative estimate of drug-likeness (QED) is 0.850. The normalized spacial score (nSPS) is 23.7. The van der Waals surface area contributed by atoms with E-state index >= 15 is 0 Å². The summed E-state index contributed by atoms with van der Waals surface area (Å²) in [5.74, 6) is -0.0116. The Morgan fingerprint density at radius 1 is 1.53 bits per heavy atom. The molecule has 2 N–H and O–H groups in total. The molecule has 1 amide bonds. The molecule has 0 aromatic heterocycles. The largest absolute Gasteiger partial charge is 0.323 e. The summed E-state index contributed by atoms with van der Waals surface area (Å²) in [5, 5.41) is 6.71. The van der Waals surface area contributed by atoms with Crippen LogP contribution < -0.4 is 10.6 Å². The Hall–Kier alpha value is -1.06. The molecule has 0 spiro atoms. The molecule has 1 atom stereocenters. The molecule has 1 unspecified atom stereocenters. The molecule has 1 aliphatic rings. The van der Waals surface area contributed by atoms with Gasteiger partial charge in [0.25, 0.3) is 0 Å². The number of carbonyl (C=O) groups is 1. The lowest BCUT2D eigenvalue weighted by molar-refractivity contribution is -0.121. The van der Waals surface area contributed by atoms with Crippen LogP contribution in [0.1, 0.15) is 25.3 Å². The maximum absolute atomic E-state index is 12.2. The van der Waals surface area contributed by atoms with Crippen LogP contribution in [-0.2, 0) is 4.79 Å². The van der Waals surface area contributed by atoms with E-state index in [0.717, 1.165) is 24.9 Å². The lowest BCUT2D eigenvalue weighted by atomic mass is 9.99.